The second kappa shape index (κ2) is 4.57. The molecule has 0 saturated heterocycles. The Morgan fingerprint density at radius 1 is 1.44 bits per heavy atom. The third kappa shape index (κ3) is 2.14. The average Bonchev–Trinajstić information content (AvgIpc) is 3.07. The number of alkyl halides is 1. The van der Waals surface area contributed by atoms with Crippen molar-refractivity contribution in [2.24, 2.45) is 5.41 Å². The Kier molecular flexibility index (Phi) is 3.06. The van der Waals surface area contributed by atoms with Crippen LogP contribution in [0.1, 0.15) is 24.3 Å². The Morgan fingerprint density at radius 2 is 2.22 bits per heavy atom. The maximum Gasteiger partial charge on any atom is 0.231 e. The second-order valence-corrected chi connectivity index (χ2v) is 5.81. The zero-order chi connectivity index (χ0) is 12.6. The molecule has 1 amide bonds. The molecule has 1 aromatic rings. The van der Waals surface area contributed by atoms with Crippen LogP contribution in [0.3, 0.4) is 0 Å². The minimum atomic E-state index is -0.146. The van der Waals surface area contributed by atoms with E-state index in [1.54, 1.807) is 0 Å². The lowest BCUT2D eigenvalue weighted by Gasteiger charge is -2.15. The van der Waals surface area contributed by atoms with Crippen molar-refractivity contribution in [3.8, 4) is 5.75 Å². The lowest BCUT2D eigenvalue weighted by atomic mass is 10.00. The number of fused-ring (bicyclic) bond motifs is 1. The van der Waals surface area contributed by atoms with Gasteiger partial charge in [-0.25, -0.2) is 0 Å². The van der Waals surface area contributed by atoms with Crippen molar-refractivity contribution in [1.29, 1.82) is 0 Å². The number of rotatable bonds is 4. The van der Waals surface area contributed by atoms with Gasteiger partial charge in [0.05, 0.1) is 0 Å². The first-order valence-electron chi connectivity index (χ1n) is 6.29. The van der Waals surface area contributed by atoms with Crippen LogP contribution in [0.15, 0.2) is 24.3 Å². The van der Waals surface area contributed by atoms with Crippen molar-refractivity contribution < 1.29 is 9.53 Å². The van der Waals surface area contributed by atoms with Crippen molar-refractivity contribution in [2.45, 2.75) is 18.8 Å². The maximum atomic E-state index is 12.2. The number of amides is 1. The van der Waals surface area contributed by atoms with E-state index >= 15 is 0 Å². The molecule has 1 aliphatic carbocycles. The van der Waals surface area contributed by atoms with Crippen LogP contribution >= 0.6 is 15.9 Å². The van der Waals surface area contributed by atoms with Gasteiger partial charge < -0.3 is 10.1 Å². The summed E-state index contributed by atoms with van der Waals surface area (Å²) in [7, 11) is 0. The number of para-hydroxylation sites is 1. The fourth-order valence-corrected chi connectivity index (χ4v) is 3.07. The Balaban J connectivity index is 1.64. The zero-order valence-corrected chi connectivity index (χ0v) is 11.7. The number of nitrogens with one attached hydrogen (secondary N) is 1. The smallest absolute Gasteiger partial charge is 0.231 e. The molecule has 1 unspecified atom stereocenters. The fourth-order valence-electron chi connectivity index (χ4n) is 2.31. The highest BCUT2D eigenvalue weighted by molar-refractivity contribution is 9.09. The summed E-state index contributed by atoms with van der Waals surface area (Å²) in [5.74, 6) is 0.791. The molecule has 1 aliphatic heterocycles. The lowest BCUT2D eigenvalue weighted by Crippen LogP contribution is -2.35. The summed E-state index contributed by atoms with van der Waals surface area (Å²) in [4.78, 5) is 12.2. The van der Waals surface area contributed by atoms with Crippen LogP contribution in [0.2, 0.25) is 0 Å². The van der Waals surface area contributed by atoms with Gasteiger partial charge in [-0.15, -0.1) is 0 Å². The molecule has 4 heteroatoms. The van der Waals surface area contributed by atoms with Crippen LogP contribution in [0, 0.1) is 5.41 Å². The van der Waals surface area contributed by atoms with Gasteiger partial charge in [-0.05, 0) is 24.3 Å². The first-order chi connectivity index (χ1) is 8.74. The Hall–Kier alpha value is -1.03. The summed E-state index contributed by atoms with van der Waals surface area (Å²) in [6.45, 7) is 1.24. The van der Waals surface area contributed by atoms with Crippen LogP contribution in [0.25, 0.3) is 0 Å². The largest absolute Gasteiger partial charge is 0.492 e. The van der Waals surface area contributed by atoms with Crippen LogP contribution in [-0.4, -0.2) is 24.4 Å². The highest BCUT2D eigenvalue weighted by Crippen LogP contribution is 2.46. The maximum absolute atomic E-state index is 12.2. The lowest BCUT2D eigenvalue weighted by molar-refractivity contribution is -0.123. The molecule has 18 heavy (non-hydrogen) atoms. The molecule has 0 radical (unpaired) electrons. The molecule has 1 heterocycles. The Morgan fingerprint density at radius 3 is 2.94 bits per heavy atom. The van der Waals surface area contributed by atoms with Gasteiger partial charge in [0.25, 0.3) is 0 Å². The molecule has 1 fully saturated rings. The highest BCUT2D eigenvalue weighted by Gasteiger charge is 2.42. The standard InChI is InChI=1S/C14H16BrNO2/c15-8-14(5-6-14)9-16-13(17)11-7-18-12-4-2-1-3-10(11)12/h1-4,11H,5-9H2,(H,16,17). The minimum Gasteiger partial charge on any atom is -0.492 e. The number of halogens is 1. The van der Waals surface area contributed by atoms with Gasteiger partial charge in [0, 0.05) is 17.4 Å². The van der Waals surface area contributed by atoms with Crippen molar-refractivity contribution in [2.75, 3.05) is 18.5 Å². The number of hydrogen-bond donors (Lipinski definition) is 1. The molecule has 3 rings (SSSR count). The van der Waals surface area contributed by atoms with Gasteiger partial charge >= 0.3 is 0 Å². The van der Waals surface area contributed by atoms with Gasteiger partial charge in [-0.1, -0.05) is 34.1 Å². The van der Waals surface area contributed by atoms with E-state index in [2.05, 4.69) is 21.2 Å². The molecular weight excluding hydrogens is 294 g/mol. The summed E-state index contributed by atoms with van der Waals surface area (Å²) in [5.41, 5.74) is 1.33. The fraction of sp³-hybridized carbons (Fsp3) is 0.500. The van der Waals surface area contributed by atoms with E-state index in [0.717, 1.165) is 23.2 Å². The minimum absolute atomic E-state index is 0.0900. The quantitative estimate of drug-likeness (QED) is 0.868. The highest BCUT2D eigenvalue weighted by atomic mass is 79.9. The first kappa shape index (κ1) is 12.0. The van der Waals surface area contributed by atoms with Crippen LogP contribution < -0.4 is 10.1 Å². The SMILES string of the molecule is O=C(NCC1(CBr)CC1)C1COc2ccccc21. The van der Waals surface area contributed by atoms with Crippen molar-refractivity contribution in [3.05, 3.63) is 29.8 Å². The molecule has 0 aromatic heterocycles. The van der Waals surface area contributed by atoms with E-state index in [0.29, 0.717) is 12.0 Å². The van der Waals surface area contributed by atoms with E-state index in [1.165, 1.54) is 12.8 Å². The van der Waals surface area contributed by atoms with E-state index < -0.39 is 0 Å². The molecule has 96 valence electrons. The molecule has 2 aliphatic rings. The third-order valence-electron chi connectivity index (χ3n) is 3.89. The number of carbonyl (C=O) groups excluding carboxylic acids is 1. The third-order valence-corrected chi connectivity index (χ3v) is 5.08. The van der Waals surface area contributed by atoms with Gasteiger partial charge in [0.1, 0.15) is 18.3 Å². The predicted molar refractivity (Wildman–Crippen MR) is 73.1 cm³/mol. The first-order valence-corrected chi connectivity index (χ1v) is 7.42. The summed E-state index contributed by atoms with van der Waals surface area (Å²) in [6.07, 6.45) is 2.41. The average molecular weight is 310 g/mol. The molecule has 1 atom stereocenters. The number of benzene rings is 1. The number of ether oxygens (including phenoxy) is 1. The van der Waals surface area contributed by atoms with Crippen LogP contribution in [-0.2, 0) is 4.79 Å². The van der Waals surface area contributed by atoms with E-state index in [4.69, 9.17) is 4.74 Å². The summed E-state index contributed by atoms with van der Waals surface area (Å²) < 4.78 is 5.54. The van der Waals surface area contributed by atoms with Crippen molar-refractivity contribution in [3.63, 3.8) is 0 Å². The Labute approximate surface area is 115 Å². The van der Waals surface area contributed by atoms with E-state index in [-0.39, 0.29) is 11.8 Å². The summed E-state index contributed by atoms with van der Waals surface area (Å²) in [5, 5.41) is 4.04. The molecular formula is C14H16BrNO2. The second-order valence-electron chi connectivity index (χ2n) is 5.25. The van der Waals surface area contributed by atoms with Crippen LogP contribution in [0.5, 0.6) is 5.75 Å². The summed E-state index contributed by atoms with van der Waals surface area (Å²) >= 11 is 3.52. The van der Waals surface area contributed by atoms with Crippen LogP contribution in [0.4, 0.5) is 0 Å². The van der Waals surface area contributed by atoms with E-state index in [9.17, 15) is 4.79 Å². The van der Waals surface area contributed by atoms with Gasteiger partial charge in [0.2, 0.25) is 5.91 Å². The molecule has 3 nitrogen and oxygen atoms in total. The van der Waals surface area contributed by atoms with E-state index in [1.807, 2.05) is 24.3 Å². The summed E-state index contributed by atoms with van der Waals surface area (Å²) in [6, 6.07) is 7.78. The number of hydrogen-bond acceptors (Lipinski definition) is 2. The topological polar surface area (TPSA) is 38.3 Å². The zero-order valence-electron chi connectivity index (χ0n) is 10.1. The van der Waals surface area contributed by atoms with Gasteiger partial charge in [0.15, 0.2) is 0 Å². The molecule has 1 aromatic carbocycles. The van der Waals surface area contributed by atoms with Crippen molar-refractivity contribution in [1.82, 2.24) is 5.32 Å². The molecule has 1 saturated carbocycles. The molecule has 0 bridgehead atoms. The number of carbonyl (C=O) groups is 1. The molecule has 1 N–H and O–H groups in total. The van der Waals surface area contributed by atoms with Gasteiger partial charge in [-0.3, -0.25) is 4.79 Å². The predicted octanol–water partition coefficient (Wildman–Crippen LogP) is 2.45. The van der Waals surface area contributed by atoms with Gasteiger partial charge in [-0.2, -0.15) is 0 Å². The normalized spacial score (nSPS) is 23.1. The Bertz CT molecular complexity index is 471. The monoisotopic (exact) mass is 309 g/mol. The van der Waals surface area contributed by atoms with Crippen molar-refractivity contribution >= 4 is 21.8 Å². The molecule has 0 spiro atoms.